The Morgan fingerprint density at radius 2 is 1.83 bits per heavy atom. The number of hydrogen-bond donors (Lipinski definition) is 0. The average molecular weight is 476 g/mol. The number of piperidine rings is 1. The largest absolute Gasteiger partial charge is 0.416 e. The summed E-state index contributed by atoms with van der Waals surface area (Å²) in [6.45, 7) is 1.31. The van der Waals surface area contributed by atoms with Crippen molar-refractivity contribution in [3.05, 3.63) is 83.4 Å². The van der Waals surface area contributed by atoms with Gasteiger partial charge in [0.2, 0.25) is 0 Å². The van der Waals surface area contributed by atoms with Crippen molar-refractivity contribution >= 4 is 5.70 Å². The summed E-state index contributed by atoms with van der Waals surface area (Å²) in [6, 6.07) is 13.6. The molecule has 1 aliphatic carbocycles. The molecule has 0 radical (unpaired) electrons. The maximum Gasteiger partial charge on any atom is 0.416 e. The van der Waals surface area contributed by atoms with Gasteiger partial charge < -0.3 is 4.90 Å². The topological polar surface area (TPSA) is 65.7 Å². The van der Waals surface area contributed by atoms with Gasteiger partial charge in [0, 0.05) is 36.7 Å². The number of halogens is 3. The van der Waals surface area contributed by atoms with Crippen molar-refractivity contribution in [3.8, 4) is 17.5 Å². The Labute approximate surface area is 202 Å². The molecule has 2 aliphatic rings. The number of allylic oxidation sites excluding steroid dienone is 1. The quantitative estimate of drug-likeness (QED) is 0.459. The normalized spacial score (nSPS) is 17.1. The molecular weight excluding hydrogens is 451 g/mol. The Kier molecular flexibility index (Phi) is 6.01. The van der Waals surface area contributed by atoms with Gasteiger partial charge in [0.05, 0.1) is 28.4 Å². The first kappa shape index (κ1) is 23.0. The van der Waals surface area contributed by atoms with E-state index in [0.29, 0.717) is 37.9 Å². The molecule has 0 amide bonds. The van der Waals surface area contributed by atoms with Gasteiger partial charge in [0.15, 0.2) is 0 Å². The van der Waals surface area contributed by atoms with E-state index in [4.69, 9.17) is 0 Å². The fraction of sp³-hybridized carbons (Fsp3) is 0.333. The molecule has 0 atom stereocenters. The number of likely N-dealkylation sites (tertiary alicyclic amines) is 1. The molecule has 1 aliphatic heterocycles. The van der Waals surface area contributed by atoms with Crippen LogP contribution in [0.1, 0.15) is 42.4 Å². The van der Waals surface area contributed by atoms with Gasteiger partial charge in [-0.1, -0.05) is 18.2 Å². The van der Waals surface area contributed by atoms with E-state index < -0.39 is 17.2 Å². The van der Waals surface area contributed by atoms with Gasteiger partial charge in [-0.2, -0.15) is 18.4 Å². The molecule has 0 bridgehead atoms. The van der Waals surface area contributed by atoms with Crippen molar-refractivity contribution in [3.63, 3.8) is 0 Å². The van der Waals surface area contributed by atoms with Gasteiger partial charge in [-0.3, -0.25) is 4.98 Å². The van der Waals surface area contributed by atoms with Gasteiger partial charge in [-0.25, -0.2) is 9.97 Å². The molecule has 35 heavy (non-hydrogen) atoms. The predicted molar refractivity (Wildman–Crippen MR) is 125 cm³/mol. The second-order valence-corrected chi connectivity index (χ2v) is 9.20. The van der Waals surface area contributed by atoms with Gasteiger partial charge >= 0.3 is 6.18 Å². The zero-order valence-electron chi connectivity index (χ0n) is 19.1. The molecule has 8 heteroatoms. The third kappa shape index (κ3) is 4.90. The molecule has 1 aromatic carbocycles. The minimum absolute atomic E-state index is 0.312. The van der Waals surface area contributed by atoms with Crippen molar-refractivity contribution in [2.45, 2.75) is 38.3 Å². The van der Waals surface area contributed by atoms with Gasteiger partial charge in [-0.05, 0) is 67.5 Å². The third-order valence-electron chi connectivity index (χ3n) is 6.79. The summed E-state index contributed by atoms with van der Waals surface area (Å²) in [7, 11) is 0. The Bertz CT molecular complexity index is 1280. The summed E-state index contributed by atoms with van der Waals surface area (Å²) in [4.78, 5) is 15.3. The maximum absolute atomic E-state index is 13.2. The highest BCUT2D eigenvalue weighted by Gasteiger charge is 2.38. The molecule has 1 saturated heterocycles. The van der Waals surface area contributed by atoms with Crippen molar-refractivity contribution in [2.75, 3.05) is 13.1 Å². The summed E-state index contributed by atoms with van der Waals surface area (Å²) in [6.07, 6.45) is 4.09. The SMILES string of the molecule is N#CC1(Cc2cccc(C(F)(F)F)c2)CCN(C(=C2CC2)c2cccnc2-c2ccncn2)CC1. The highest BCUT2D eigenvalue weighted by Crippen LogP contribution is 2.44. The van der Waals surface area contributed by atoms with Crippen LogP contribution in [0.3, 0.4) is 0 Å². The molecule has 3 aromatic rings. The predicted octanol–water partition coefficient (Wildman–Crippen LogP) is 5.91. The summed E-state index contributed by atoms with van der Waals surface area (Å²) in [5.74, 6) is 0. The first-order valence-electron chi connectivity index (χ1n) is 11.6. The molecule has 5 rings (SSSR count). The van der Waals surface area contributed by atoms with Crippen LogP contribution < -0.4 is 0 Å². The molecule has 0 unspecified atom stereocenters. The lowest BCUT2D eigenvalue weighted by molar-refractivity contribution is -0.137. The van der Waals surface area contributed by atoms with Gasteiger partial charge in [-0.15, -0.1) is 0 Å². The molecule has 0 N–H and O–H groups in total. The fourth-order valence-corrected chi connectivity index (χ4v) is 4.85. The van der Waals surface area contributed by atoms with Crippen LogP contribution in [0.25, 0.3) is 17.1 Å². The van der Waals surface area contributed by atoms with E-state index in [-0.39, 0.29) is 0 Å². The van der Waals surface area contributed by atoms with Crippen LogP contribution in [0.15, 0.2) is 66.8 Å². The maximum atomic E-state index is 13.2. The van der Waals surface area contributed by atoms with Crippen LogP contribution in [-0.4, -0.2) is 32.9 Å². The summed E-state index contributed by atoms with van der Waals surface area (Å²) in [5.41, 5.74) is 4.26. The number of benzene rings is 1. The third-order valence-corrected chi connectivity index (χ3v) is 6.79. The molecule has 178 valence electrons. The first-order chi connectivity index (χ1) is 16.9. The number of nitrogens with zero attached hydrogens (tertiary/aromatic N) is 5. The van der Waals surface area contributed by atoms with E-state index >= 15 is 0 Å². The molecule has 1 saturated carbocycles. The summed E-state index contributed by atoms with van der Waals surface area (Å²) >= 11 is 0. The number of pyridine rings is 1. The van der Waals surface area contributed by atoms with Crippen LogP contribution in [0.2, 0.25) is 0 Å². The Balaban J connectivity index is 1.38. The molecule has 3 heterocycles. The Morgan fingerprint density at radius 1 is 1.03 bits per heavy atom. The van der Waals surface area contributed by atoms with Crippen LogP contribution in [0, 0.1) is 16.7 Å². The lowest BCUT2D eigenvalue weighted by Crippen LogP contribution is -2.39. The van der Waals surface area contributed by atoms with E-state index in [9.17, 15) is 18.4 Å². The molecule has 2 fully saturated rings. The van der Waals surface area contributed by atoms with Crippen molar-refractivity contribution in [1.82, 2.24) is 19.9 Å². The standard InChI is InChI=1S/C27H24F3N5/c28-27(29,30)21-4-1-3-19(15-21)16-26(17-31)9-13-35(14-10-26)25(20-6-7-20)22-5-2-11-33-24(22)23-8-12-32-18-34-23/h1-5,8,11-12,15,18H,6-7,9-10,13-14,16H2. The van der Waals surface area contributed by atoms with Crippen molar-refractivity contribution in [2.24, 2.45) is 5.41 Å². The average Bonchev–Trinajstić information content (AvgIpc) is 3.71. The minimum Gasteiger partial charge on any atom is -0.371 e. The second kappa shape index (κ2) is 9.14. The molecule has 2 aromatic heterocycles. The number of aromatic nitrogens is 3. The Hall–Kier alpha value is -3.73. The fourth-order valence-electron chi connectivity index (χ4n) is 4.85. The van der Waals surface area contributed by atoms with E-state index in [1.807, 2.05) is 12.1 Å². The van der Waals surface area contributed by atoms with Gasteiger partial charge in [0.25, 0.3) is 0 Å². The van der Waals surface area contributed by atoms with Crippen LogP contribution in [0.5, 0.6) is 0 Å². The zero-order chi connectivity index (χ0) is 24.5. The summed E-state index contributed by atoms with van der Waals surface area (Å²) < 4.78 is 39.5. The molecule has 0 spiro atoms. The number of rotatable bonds is 5. The van der Waals surface area contributed by atoms with E-state index in [1.54, 1.807) is 18.5 Å². The van der Waals surface area contributed by atoms with E-state index in [2.05, 4.69) is 32.0 Å². The van der Waals surface area contributed by atoms with Crippen molar-refractivity contribution < 1.29 is 13.2 Å². The van der Waals surface area contributed by atoms with Crippen LogP contribution in [-0.2, 0) is 12.6 Å². The second-order valence-electron chi connectivity index (χ2n) is 9.20. The van der Waals surface area contributed by atoms with Gasteiger partial charge in [0.1, 0.15) is 6.33 Å². The van der Waals surface area contributed by atoms with Crippen molar-refractivity contribution in [1.29, 1.82) is 5.26 Å². The van der Waals surface area contributed by atoms with Crippen LogP contribution in [0.4, 0.5) is 13.2 Å². The summed E-state index contributed by atoms with van der Waals surface area (Å²) in [5, 5.41) is 10.1. The monoisotopic (exact) mass is 475 g/mol. The smallest absolute Gasteiger partial charge is 0.371 e. The molecular formula is C27H24F3N5. The minimum atomic E-state index is -4.39. The Morgan fingerprint density at radius 3 is 2.49 bits per heavy atom. The number of alkyl halides is 3. The number of hydrogen-bond acceptors (Lipinski definition) is 5. The molecule has 5 nitrogen and oxygen atoms in total. The highest BCUT2D eigenvalue weighted by atomic mass is 19.4. The highest BCUT2D eigenvalue weighted by molar-refractivity contribution is 5.79. The first-order valence-corrected chi connectivity index (χ1v) is 11.6. The van der Waals surface area contributed by atoms with E-state index in [1.165, 1.54) is 24.0 Å². The lowest BCUT2D eigenvalue weighted by Gasteiger charge is -2.40. The van der Waals surface area contributed by atoms with Crippen LogP contribution >= 0.6 is 0 Å². The van der Waals surface area contributed by atoms with E-state index in [0.717, 1.165) is 41.6 Å². The zero-order valence-corrected chi connectivity index (χ0v) is 19.1. The number of nitriles is 1. The lowest BCUT2D eigenvalue weighted by atomic mass is 9.74.